The second kappa shape index (κ2) is 10.5. The molecule has 1 unspecified atom stereocenters. The highest BCUT2D eigenvalue weighted by Gasteiger charge is 2.31. The largest absolute Gasteiger partial charge is 0.493 e. The summed E-state index contributed by atoms with van der Waals surface area (Å²) < 4.78 is 34.7. The van der Waals surface area contributed by atoms with Crippen LogP contribution in [0.4, 0.5) is 0 Å². The SMILES string of the molecule is COc1cc2c(-c3cc(OC)c(OC)c(OC)c3)c(C(=O)C3CNCCO3)n(C)c(=O)c2cc1OC. The fourth-order valence-corrected chi connectivity index (χ4v) is 4.53. The average molecular weight is 499 g/mol. The van der Waals surface area contributed by atoms with E-state index in [2.05, 4.69) is 5.32 Å². The molecule has 1 N–H and O–H groups in total. The second-order valence-electron chi connectivity index (χ2n) is 8.18. The number of morpholine rings is 1. The highest BCUT2D eigenvalue weighted by atomic mass is 16.5. The van der Waals surface area contributed by atoms with Crippen molar-refractivity contribution >= 4 is 16.6 Å². The Morgan fingerprint density at radius 3 is 1.97 bits per heavy atom. The number of methoxy groups -OCH3 is 5. The molecule has 2 aromatic carbocycles. The van der Waals surface area contributed by atoms with Crippen LogP contribution < -0.4 is 34.6 Å². The number of nitrogens with one attached hydrogen (secondary N) is 1. The molecule has 0 bridgehead atoms. The van der Waals surface area contributed by atoms with Gasteiger partial charge in [0.2, 0.25) is 11.5 Å². The monoisotopic (exact) mass is 498 g/mol. The Hall–Kier alpha value is -3.76. The van der Waals surface area contributed by atoms with Crippen LogP contribution in [0.15, 0.2) is 29.1 Å². The summed E-state index contributed by atoms with van der Waals surface area (Å²) in [6.07, 6.45) is -0.747. The molecule has 36 heavy (non-hydrogen) atoms. The molecule has 1 fully saturated rings. The van der Waals surface area contributed by atoms with Gasteiger partial charge in [-0.15, -0.1) is 0 Å². The van der Waals surface area contributed by atoms with Gasteiger partial charge in [-0.25, -0.2) is 0 Å². The minimum atomic E-state index is -0.747. The molecular weight excluding hydrogens is 468 g/mol. The molecule has 2 heterocycles. The first-order valence-electron chi connectivity index (χ1n) is 11.4. The minimum absolute atomic E-state index is 0.197. The van der Waals surface area contributed by atoms with E-state index in [1.807, 2.05) is 0 Å². The van der Waals surface area contributed by atoms with E-state index in [1.54, 1.807) is 31.3 Å². The minimum Gasteiger partial charge on any atom is -0.493 e. The molecule has 1 saturated heterocycles. The molecule has 3 aromatic rings. The molecule has 10 nitrogen and oxygen atoms in total. The highest BCUT2D eigenvalue weighted by Crippen LogP contribution is 2.44. The Morgan fingerprint density at radius 2 is 1.47 bits per heavy atom. The van der Waals surface area contributed by atoms with Crippen LogP contribution in [0.5, 0.6) is 28.7 Å². The lowest BCUT2D eigenvalue weighted by Crippen LogP contribution is -2.44. The summed E-state index contributed by atoms with van der Waals surface area (Å²) in [6, 6.07) is 6.80. The molecule has 4 rings (SSSR count). The van der Waals surface area contributed by atoms with Crippen molar-refractivity contribution in [1.82, 2.24) is 9.88 Å². The number of nitrogens with zero attached hydrogens (tertiary/aromatic N) is 1. The predicted molar refractivity (Wildman–Crippen MR) is 134 cm³/mol. The molecule has 0 spiro atoms. The third-order valence-electron chi connectivity index (χ3n) is 6.31. The topological polar surface area (TPSA) is 106 Å². The second-order valence-corrected chi connectivity index (χ2v) is 8.18. The Kier molecular flexibility index (Phi) is 7.37. The van der Waals surface area contributed by atoms with E-state index in [9.17, 15) is 9.59 Å². The van der Waals surface area contributed by atoms with Gasteiger partial charge in [-0.1, -0.05) is 0 Å². The van der Waals surface area contributed by atoms with E-state index < -0.39 is 6.10 Å². The summed E-state index contributed by atoms with van der Waals surface area (Å²) in [4.78, 5) is 27.4. The number of ether oxygens (including phenoxy) is 6. The van der Waals surface area contributed by atoms with Gasteiger partial charge in [-0.2, -0.15) is 0 Å². The lowest BCUT2D eigenvalue weighted by atomic mass is 9.92. The van der Waals surface area contributed by atoms with Gasteiger partial charge in [-0.05, 0) is 29.8 Å². The summed E-state index contributed by atoms with van der Waals surface area (Å²) in [6.45, 7) is 1.38. The van der Waals surface area contributed by atoms with Gasteiger partial charge in [0.1, 0.15) is 6.10 Å². The number of rotatable bonds is 8. The summed E-state index contributed by atoms with van der Waals surface area (Å²) in [7, 11) is 9.13. The predicted octanol–water partition coefficient (Wildman–Crippen LogP) is 2.42. The Morgan fingerprint density at radius 1 is 0.889 bits per heavy atom. The molecule has 0 amide bonds. The molecule has 1 aliphatic heterocycles. The van der Waals surface area contributed by atoms with E-state index in [-0.39, 0.29) is 17.0 Å². The molecule has 1 atom stereocenters. The molecule has 192 valence electrons. The normalized spacial score (nSPS) is 15.4. The van der Waals surface area contributed by atoms with Crippen LogP contribution in [-0.2, 0) is 11.8 Å². The van der Waals surface area contributed by atoms with Crippen molar-refractivity contribution in [2.24, 2.45) is 7.05 Å². The van der Waals surface area contributed by atoms with Gasteiger partial charge in [0.05, 0.1) is 53.2 Å². The first kappa shape index (κ1) is 25.3. The van der Waals surface area contributed by atoms with Crippen molar-refractivity contribution in [3.8, 4) is 39.9 Å². The molecule has 0 saturated carbocycles. The van der Waals surface area contributed by atoms with E-state index in [0.29, 0.717) is 70.3 Å². The van der Waals surface area contributed by atoms with Crippen LogP contribution in [0.2, 0.25) is 0 Å². The highest BCUT2D eigenvalue weighted by molar-refractivity contribution is 6.11. The van der Waals surface area contributed by atoms with Gasteiger partial charge in [0.15, 0.2) is 23.0 Å². The number of benzene rings is 2. The summed E-state index contributed by atoms with van der Waals surface area (Å²) in [5.74, 6) is 1.72. The number of pyridine rings is 1. The number of hydrogen-bond acceptors (Lipinski definition) is 9. The van der Waals surface area contributed by atoms with Crippen LogP contribution in [0.3, 0.4) is 0 Å². The van der Waals surface area contributed by atoms with E-state index in [0.717, 1.165) is 0 Å². The maximum absolute atomic E-state index is 13.9. The molecule has 1 aliphatic rings. The number of carbonyl (C=O) groups is 1. The standard InChI is InChI=1S/C26H30N2O8/c1-28-23(24(29)21-13-27-7-8-36-21)22(14-9-19(33-4)25(35-6)20(10-14)34-5)15-11-17(31-2)18(32-3)12-16(15)26(28)30/h9-12,21,27H,7-8,13H2,1-6H3. The van der Waals surface area contributed by atoms with E-state index in [1.165, 1.54) is 40.1 Å². The number of Topliss-reactive ketones (excluding diaryl/α,β-unsaturated/α-hetero) is 1. The molecule has 0 aliphatic carbocycles. The van der Waals surface area contributed by atoms with Crippen molar-refractivity contribution < 1.29 is 33.2 Å². The third kappa shape index (κ3) is 4.22. The molecular formula is C26H30N2O8. The number of fused-ring (bicyclic) bond motifs is 1. The first-order valence-corrected chi connectivity index (χ1v) is 11.4. The van der Waals surface area contributed by atoms with Crippen molar-refractivity contribution in [3.05, 3.63) is 40.3 Å². The van der Waals surface area contributed by atoms with Crippen LogP contribution in [0.1, 0.15) is 10.5 Å². The van der Waals surface area contributed by atoms with E-state index in [4.69, 9.17) is 28.4 Å². The van der Waals surface area contributed by atoms with Gasteiger partial charge in [-0.3, -0.25) is 9.59 Å². The Balaban J connectivity index is 2.14. The van der Waals surface area contributed by atoms with Crippen molar-refractivity contribution in [3.63, 3.8) is 0 Å². The Labute approximate surface area is 208 Å². The maximum atomic E-state index is 13.9. The summed E-state index contributed by atoms with van der Waals surface area (Å²) >= 11 is 0. The average Bonchev–Trinajstić information content (AvgIpc) is 2.93. The van der Waals surface area contributed by atoms with Gasteiger partial charge < -0.3 is 38.3 Å². The molecule has 0 radical (unpaired) electrons. The van der Waals surface area contributed by atoms with Crippen molar-refractivity contribution in [2.45, 2.75) is 6.10 Å². The van der Waals surface area contributed by atoms with Crippen LogP contribution in [-0.4, -0.2) is 71.7 Å². The zero-order valence-corrected chi connectivity index (χ0v) is 21.2. The smallest absolute Gasteiger partial charge is 0.258 e. The third-order valence-corrected chi connectivity index (χ3v) is 6.31. The molecule has 10 heteroatoms. The summed E-state index contributed by atoms with van der Waals surface area (Å²) in [5.41, 5.74) is 0.938. The lowest BCUT2D eigenvalue weighted by Gasteiger charge is -2.25. The van der Waals surface area contributed by atoms with Crippen LogP contribution in [0.25, 0.3) is 21.9 Å². The fourth-order valence-electron chi connectivity index (χ4n) is 4.53. The zero-order valence-electron chi connectivity index (χ0n) is 21.2. The van der Waals surface area contributed by atoms with Crippen molar-refractivity contribution in [1.29, 1.82) is 0 Å². The van der Waals surface area contributed by atoms with Gasteiger partial charge >= 0.3 is 0 Å². The number of ketones is 1. The zero-order chi connectivity index (χ0) is 26.0. The van der Waals surface area contributed by atoms with Gasteiger partial charge in [0, 0.05) is 31.1 Å². The Bertz CT molecular complexity index is 1330. The molecule has 1 aromatic heterocycles. The fraction of sp³-hybridized carbons (Fsp3) is 0.385. The van der Waals surface area contributed by atoms with E-state index >= 15 is 0 Å². The summed E-state index contributed by atoms with van der Waals surface area (Å²) in [5, 5.41) is 4.05. The lowest BCUT2D eigenvalue weighted by molar-refractivity contribution is 0.0263. The quantitative estimate of drug-likeness (QED) is 0.469. The van der Waals surface area contributed by atoms with Gasteiger partial charge in [0.25, 0.3) is 5.56 Å². The van der Waals surface area contributed by atoms with Crippen molar-refractivity contribution in [2.75, 3.05) is 55.2 Å². The first-order chi connectivity index (χ1) is 17.4. The number of hydrogen-bond donors (Lipinski definition) is 1. The van der Waals surface area contributed by atoms with Crippen LogP contribution >= 0.6 is 0 Å². The number of carbonyl (C=O) groups excluding carboxylic acids is 1. The van der Waals surface area contributed by atoms with Crippen LogP contribution in [0, 0.1) is 0 Å². The maximum Gasteiger partial charge on any atom is 0.258 e. The number of aromatic nitrogens is 1.